The summed E-state index contributed by atoms with van der Waals surface area (Å²) in [5.74, 6) is 0. The molecule has 0 unspecified atom stereocenters. The van der Waals surface area contributed by atoms with Gasteiger partial charge in [-0.3, -0.25) is 0 Å². The van der Waals surface area contributed by atoms with Crippen LogP contribution in [0, 0.1) is 27.7 Å². The molecule has 1 heterocycles. The zero-order valence-corrected chi connectivity index (χ0v) is 17.9. The normalized spacial score (nSPS) is 14.2. The van der Waals surface area contributed by atoms with Gasteiger partial charge in [-0.05, 0) is 85.3 Å². The molecule has 4 rings (SSSR count). The lowest BCUT2D eigenvalue weighted by atomic mass is 9.82. The summed E-state index contributed by atoms with van der Waals surface area (Å²) in [5.41, 5.74) is 13.6. The molecule has 27 heavy (non-hydrogen) atoms. The van der Waals surface area contributed by atoms with Crippen LogP contribution in [0.1, 0.15) is 47.5 Å². The Kier molecular flexibility index (Phi) is 3.82. The molecule has 0 fully saturated rings. The van der Waals surface area contributed by atoms with Gasteiger partial charge in [-0.25, -0.2) is 0 Å². The second-order valence-corrected chi connectivity index (χ2v) is 8.74. The first-order valence-corrected chi connectivity index (χ1v) is 9.76. The summed E-state index contributed by atoms with van der Waals surface area (Å²) in [6.45, 7) is 13.6. The average molecular weight is 359 g/mol. The number of hydrogen-bond acceptors (Lipinski definition) is 1. The van der Waals surface area contributed by atoms with Gasteiger partial charge >= 0.3 is 0 Å². The van der Waals surface area contributed by atoms with Gasteiger partial charge in [0, 0.05) is 42.3 Å². The minimum atomic E-state index is 0.00570. The number of hydrogen-bond donors (Lipinski definition) is 0. The number of rotatable bonds is 2. The third-order valence-corrected chi connectivity index (χ3v) is 6.74. The van der Waals surface area contributed by atoms with Gasteiger partial charge in [0.15, 0.2) is 0 Å². The van der Waals surface area contributed by atoms with Crippen molar-refractivity contribution in [3.63, 3.8) is 0 Å². The predicted octanol–water partition coefficient (Wildman–Crippen LogP) is 6.08. The van der Waals surface area contributed by atoms with Crippen LogP contribution in [0.15, 0.2) is 36.4 Å². The van der Waals surface area contributed by atoms with Crippen LogP contribution in [0.2, 0.25) is 0 Å². The van der Waals surface area contributed by atoms with Crippen LogP contribution in [-0.2, 0) is 5.41 Å². The number of aromatic nitrogens is 1. The Balaban J connectivity index is 1.92. The van der Waals surface area contributed by atoms with Crippen molar-refractivity contribution >= 4 is 5.69 Å². The smallest absolute Gasteiger partial charge is 0.0458 e. The molecule has 0 amide bonds. The van der Waals surface area contributed by atoms with Crippen LogP contribution < -0.4 is 4.90 Å². The Hall–Kier alpha value is -2.48. The lowest BCUT2D eigenvalue weighted by Crippen LogP contribution is -2.17. The van der Waals surface area contributed by atoms with Crippen molar-refractivity contribution in [3.8, 4) is 16.8 Å². The quantitative estimate of drug-likeness (QED) is 0.539. The van der Waals surface area contributed by atoms with Crippen molar-refractivity contribution in [2.45, 2.75) is 47.0 Å². The second kappa shape index (κ2) is 5.76. The van der Waals surface area contributed by atoms with Gasteiger partial charge in [0.05, 0.1) is 0 Å². The molecule has 0 bridgehead atoms. The summed E-state index contributed by atoms with van der Waals surface area (Å²) in [6, 6.07) is 13.9. The number of fused-ring (bicyclic) bond motifs is 3. The molecule has 140 valence electrons. The Morgan fingerprint density at radius 3 is 1.81 bits per heavy atom. The fraction of sp³-hybridized carbons (Fsp3) is 0.360. The molecule has 0 aliphatic heterocycles. The Bertz CT molecular complexity index is 1040. The fourth-order valence-electron chi connectivity index (χ4n) is 4.65. The standard InChI is InChI=1S/C25H30N2/c1-15-16(2)18(4)27(17(15)3)20-10-12-22-21-11-9-19(26(7)8)13-23(21)25(5,6)24(22)14-20/h9-14H,1-8H3. The highest BCUT2D eigenvalue weighted by Crippen LogP contribution is 2.50. The molecule has 1 aliphatic carbocycles. The molecule has 0 N–H and O–H groups in total. The second-order valence-electron chi connectivity index (χ2n) is 8.74. The van der Waals surface area contributed by atoms with Crippen LogP contribution in [0.3, 0.4) is 0 Å². The summed E-state index contributed by atoms with van der Waals surface area (Å²) in [7, 11) is 4.22. The minimum absolute atomic E-state index is 0.00570. The fourth-order valence-corrected chi connectivity index (χ4v) is 4.65. The van der Waals surface area contributed by atoms with E-state index in [4.69, 9.17) is 0 Å². The van der Waals surface area contributed by atoms with Crippen LogP contribution >= 0.6 is 0 Å². The van der Waals surface area contributed by atoms with E-state index in [9.17, 15) is 0 Å². The van der Waals surface area contributed by atoms with Gasteiger partial charge < -0.3 is 9.47 Å². The molecule has 0 radical (unpaired) electrons. The van der Waals surface area contributed by atoms with Crippen molar-refractivity contribution in [2.75, 3.05) is 19.0 Å². The maximum Gasteiger partial charge on any atom is 0.0458 e. The van der Waals surface area contributed by atoms with Crippen LogP contribution in [0.4, 0.5) is 5.69 Å². The van der Waals surface area contributed by atoms with Crippen molar-refractivity contribution in [1.82, 2.24) is 4.57 Å². The first kappa shape index (κ1) is 17.9. The predicted molar refractivity (Wildman–Crippen MR) is 117 cm³/mol. The van der Waals surface area contributed by atoms with Gasteiger partial charge in [-0.15, -0.1) is 0 Å². The maximum atomic E-state index is 2.41. The van der Waals surface area contributed by atoms with Crippen molar-refractivity contribution in [2.24, 2.45) is 0 Å². The summed E-state index contributed by atoms with van der Waals surface area (Å²) in [5, 5.41) is 0. The maximum absolute atomic E-state index is 2.41. The highest BCUT2D eigenvalue weighted by atomic mass is 15.1. The van der Waals surface area contributed by atoms with Crippen LogP contribution in [0.25, 0.3) is 16.8 Å². The monoisotopic (exact) mass is 358 g/mol. The SMILES string of the molecule is Cc1c(C)c(C)n(-c2ccc3c(c2)C(C)(C)c2cc(N(C)C)ccc2-3)c1C. The summed E-state index contributed by atoms with van der Waals surface area (Å²) < 4.78 is 2.41. The van der Waals surface area contributed by atoms with E-state index in [2.05, 4.69) is 102 Å². The van der Waals surface area contributed by atoms with E-state index in [-0.39, 0.29) is 5.41 Å². The van der Waals surface area contributed by atoms with E-state index in [1.807, 2.05) is 0 Å². The molecular weight excluding hydrogens is 328 g/mol. The summed E-state index contributed by atoms with van der Waals surface area (Å²) in [4.78, 5) is 2.18. The lowest BCUT2D eigenvalue weighted by molar-refractivity contribution is 0.659. The Labute approximate surface area is 163 Å². The van der Waals surface area contributed by atoms with E-state index in [0.717, 1.165) is 0 Å². The molecule has 1 aromatic heterocycles. The Morgan fingerprint density at radius 2 is 1.26 bits per heavy atom. The number of benzene rings is 2. The van der Waals surface area contributed by atoms with Crippen molar-refractivity contribution in [3.05, 3.63) is 70.0 Å². The van der Waals surface area contributed by atoms with Gasteiger partial charge in [-0.2, -0.15) is 0 Å². The molecule has 0 saturated carbocycles. The number of anilines is 1. The zero-order chi connectivity index (χ0) is 19.7. The van der Waals surface area contributed by atoms with E-state index < -0.39 is 0 Å². The summed E-state index contributed by atoms with van der Waals surface area (Å²) in [6.07, 6.45) is 0. The molecule has 1 aliphatic rings. The van der Waals surface area contributed by atoms with E-state index in [1.165, 1.54) is 56.1 Å². The third-order valence-electron chi connectivity index (χ3n) is 6.74. The zero-order valence-electron chi connectivity index (χ0n) is 17.9. The molecule has 0 atom stereocenters. The highest BCUT2D eigenvalue weighted by Gasteiger charge is 2.36. The largest absolute Gasteiger partial charge is 0.378 e. The van der Waals surface area contributed by atoms with Gasteiger partial charge in [0.2, 0.25) is 0 Å². The van der Waals surface area contributed by atoms with Gasteiger partial charge in [0.25, 0.3) is 0 Å². The van der Waals surface area contributed by atoms with E-state index in [0.29, 0.717) is 0 Å². The number of nitrogens with zero attached hydrogens (tertiary/aromatic N) is 2. The van der Waals surface area contributed by atoms with E-state index >= 15 is 0 Å². The topological polar surface area (TPSA) is 8.17 Å². The van der Waals surface area contributed by atoms with Crippen LogP contribution in [-0.4, -0.2) is 18.7 Å². The highest BCUT2D eigenvalue weighted by molar-refractivity contribution is 5.83. The summed E-state index contributed by atoms with van der Waals surface area (Å²) >= 11 is 0. The molecule has 0 saturated heterocycles. The molecule has 2 heteroatoms. The molecule has 2 nitrogen and oxygen atoms in total. The molecule has 3 aromatic rings. The van der Waals surface area contributed by atoms with Crippen LogP contribution in [0.5, 0.6) is 0 Å². The van der Waals surface area contributed by atoms with Gasteiger partial charge in [-0.1, -0.05) is 26.0 Å². The first-order chi connectivity index (χ1) is 12.6. The van der Waals surface area contributed by atoms with E-state index in [1.54, 1.807) is 0 Å². The van der Waals surface area contributed by atoms with Crippen molar-refractivity contribution in [1.29, 1.82) is 0 Å². The molecule has 2 aromatic carbocycles. The minimum Gasteiger partial charge on any atom is -0.378 e. The molecule has 0 spiro atoms. The average Bonchev–Trinajstić information content (AvgIpc) is 2.98. The third kappa shape index (κ3) is 2.39. The first-order valence-electron chi connectivity index (χ1n) is 9.76. The lowest BCUT2D eigenvalue weighted by Gasteiger charge is -2.24. The van der Waals surface area contributed by atoms with Gasteiger partial charge in [0.1, 0.15) is 0 Å². The Morgan fingerprint density at radius 1 is 0.741 bits per heavy atom. The molecular formula is C25H30N2. The van der Waals surface area contributed by atoms with Crippen molar-refractivity contribution < 1.29 is 0 Å².